The number of nitrogens with two attached hydrogens (primary N) is 1. The quantitative estimate of drug-likeness (QED) is 0.750. The minimum Gasteiger partial charge on any atom is -0.399 e. The Balaban J connectivity index is 2.20. The number of hydrogen-bond donors (Lipinski definition) is 1. The van der Waals surface area contributed by atoms with E-state index < -0.39 is 0 Å². The molecule has 2 heterocycles. The van der Waals surface area contributed by atoms with Crippen molar-refractivity contribution in [1.82, 2.24) is 9.78 Å². The summed E-state index contributed by atoms with van der Waals surface area (Å²) in [6.07, 6.45) is 1.53. The van der Waals surface area contributed by atoms with Gasteiger partial charge in [0.1, 0.15) is 0 Å². The topological polar surface area (TPSA) is 64.2 Å². The Kier molecular flexibility index (Phi) is 2.07. The van der Waals surface area contributed by atoms with E-state index in [2.05, 4.69) is 5.10 Å². The van der Waals surface area contributed by atoms with Crippen molar-refractivity contribution in [2.24, 2.45) is 7.05 Å². The highest BCUT2D eigenvalue weighted by Gasteiger charge is 2.25. The normalized spacial score (nSPS) is 16.1. The first-order valence-corrected chi connectivity index (χ1v) is 5.69. The first kappa shape index (κ1) is 10.1. The smallest absolute Gasteiger partial charge is 0.228 e. The van der Waals surface area contributed by atoms with E-state index in [9.17, 15) is 4.79 Å². The molecule has 5 nitrogen and oxygen atoms in total. The van der Waals surface area contributed by atoms with Gasteiger partial charge in [-0.05, 0) is 24.6 Å². The summed E-state index contributed by atoms with van der Waals surface area (Å²) in [6, 6.07) is 5.65. The highest BCUT2D eigenvalue weighted by Crippen LogP contribution is 2.29. The van der Waals surface area contributed by atoms with Gasteiger partial charge in [0.25, 0.3) is 0 Å². The molecule has 3 rings (SSSR count). The Morgan fingerprint density at radius 3 is 2.94 bits per heavy atom. The number of aryl methyl sites for hydroxylation is 1. The van der Waals surface area contributed by atoms with E-state index in [0.717, 1.165) is 29.7 Å². The molecule has 2 aromatic rings. The predicted octanol–water partition coefficient (Wildman–Crippen LogP) is 1.28. The maximum atomic E-state index is 11.7. The molecule has 1 fully saturated rings. The van der Waals surface area contributed by atoms with E-state index in [0.29, 0.717) is 12.1 Å². The van der Waals surface area contributed by atoms with Crippen LogP contribution < -0.4 is 10.6 Å². The number of nitrogens with zero attached hydrogens (tertiary/aromatic N) is 3. The van der Waals surface area contributed by atoms with Crippen LogP contribution in [0, 0.1) is 0 Å². The van der Waals surface area contributed by atoms with Crippen LogP contribution in [0.5, 0.6) is 0 Å². The first-order chi connectivity index (χ1) is 8.16. The van der Waals surface area contributed by atoms with Gasteiger partial charge in [0, 0.05) is 31.1 Å². The van der Waals surface area contributed by atoms with Crippen molar-refractivity contribution >= 4 is 28.3 Å². The summed E-state index contributed by atoms with van der Waals surface area (Å²) in [4.78, 5) is 13.5. The average molecular weight is 230 g/mol. The lowest BCUT2D eigenvalue weighted by Gasteiger charge is -2.12. The van der Waals surface area contributed by atoms with Crippen LogP contribution in [0.2, 0.25) is 0 Å². The Morgan fingerprint density at radius 1 is 1.41 bits per heavy atom. The molecular formula is C12H14N4O. The zero-order valence-electron chi connectivity index (χ0n) is 9.68. The third-order valence-corrected chi connectivity index (χ3v) is 3.19. The van der Waals surface area contributed by atoms with E-state index >= 15 is 0 Å². The van der Waals surface area contributed by atoms with Gasteiger partial charge >= 0.3 is 0 Å². The van der Waals surface area contributed by atoms with Crippen LogP contribution in [0.15, 0.2) is 18.2 Å². The van der Waals surface area contributed by atoms with Crippen LogP contribution in [0.3, 0.4) is 0 Å². The van der Waals surface area contributed by atoms with Crippen molar-refractivity contribution in [3.05, 3.63) is 18.2 Å². The summed E-state index contributed by atoms with van der Waals surface area (Å²) in [5, 5.41) is 5.41. The molecule has 0 radical (unpaired) electrons. The number of carbonyl (C=O) groups excluding carboxylic acids is 1. The lowest BCUT2D eigenvalue weighted by Crippen LogP contribution is -2.24. The monoisotopic (exact) mass is 230 g/mol. The van der Waals surface area contributed by atoms with Gasteiger partial charge in [-0.15, -0.1) is 0 Å². The van der Waals surface area contributed by atoms with E-state index in [1.807, 2.05) is 25.2 Å². The Morgan fingerprint density at radius 2 is 2.24 bits per heavy atom. The molecule has 1 aromatic heterocycles. The van der Waals surface area contributed by atoms with Crippen LogP contribution in [0.1, 0.15) is 12.8 Å². The molecule has 0 unspecified atom stereocenters. The van der Waals surface area contributed by atoms with Crippen LogP contribution in [0.25, 0.3) is 10.9 Å². The second-order valence-electron chi connectivity index (χ2n) is 4.37. The highest BCUT2D eigenvalue weighted by molar-refractivity contribution is 6.03. The molecule has 0 spiro atoms. The van der Waals surface area contributed by atoms with E-state index in [-0.39, 0.29) is 5.91 Å². The number of carbonyl (C=O) groups is 1. The van der Waals surface area contributed by atoms with Gasteiger partial charge in [0.05, 0.1) is 5.52 Å². The molecule has 2 N–H and O–H groups in total. The van der Waals surface area contributed by atoms with Gasteiger partial charge < -0.3 is 5.73 Å². The molecule has 0 atom stereocenters. The Bertz CT molecular complexity index is 602. The number of rotatable bonds is 1. The third-order valence-electron chi connectivity index (χ3n) is 3.19. The standard InChI is InChI=1S/C12H14N4O/c1-15-10-7-8(13)4-5-9(10)12(14-15)16-6-2-3-11(16)17/h4-5,7H,2-3,6,13H2,1H3. The summed E-state index contributed by atoms with van der Waals surface area (Å²) in [5.74, 6) is 0.909. The van der Waals surface area contributed by atoms with Crippen LogP contribution in [0.4, 0.5) is 11.5 Å². The molecule has 1 aliphatic heterocycles. The number of fused-ring (bicyclic) bond motifs is 1. The lowest BCUT2D eigenvalue weighted by atomic mass is 10.2. The molecule has 17 heavy (non-hydrogen) atoms. The molecular weight excluding hydrogens is 216 g/mol. The summed E-state index contributed by atoms with van der Waals surface area (Å²) < 4.78 is 1.77. The van der Waals surface area contributed by atoms with E-state index in [1.165, 1.54) is 0 Å². The molecule has 0 bridgehead atoms. The van der Waals surface area contributed by atoms with Crippen LogP contribution >= 0.6 is 0 Å². The minimum absolute atomic E-state index is 0.154. The van der Waals surface area contributed by atoms with Gasteiger partial charge in [0.2, 0.25) is 5.91 Å². The number of amides is 1. The SMILES string of the molecule is Cn1nc(N2CCCC2=O)c2ccc(N)cc21. The average Bonchev–Trinajstić information content (AvgIpc) is 2.84. The molecule has 1 saturated heterocycles. The number of hydrogen-bond acceptors (Lipinski definition) is 3. The summed E-state index contributed by atoms with van der Waals surface area (Å²) in [5.41, 5.74) is 7.43. The summed E-state index contributed by atoms with van der Waals surface area (Å²) in [7, 11) is 1.87. The van der Waals surface area contributed by atoms with Gasteiger partial charge in [-0.3, -0.25) is 14.4 Å². The number of benzene rings is 1. The van der Waals surface area contributed by atoms with Crippen molar-refractivity contribution in [3.63, 3.8) is 0 Å². The van der Waals surface area contributed by atoms with Gasteiger partial charge in [-0.1, -0.05) is 0 Å². The van der Waals surface area contributed by atoms with Crippen molar-refractivity contribution < 1.29 is 4.79 Å². The van der Waals surface area contributed by atoms with Crippen LogP contribution in [-0.4, -0.2) is 22.2 Å². The largest absolute Gasteiger partial charge is 0.399 e. The van der Waals surface area contributed by atoms with E-state index in [4.69, 9.17) is 5.73 Å². The van der Waals surface area contributed by atoms with Gasteiger partial charge in [0.15, 0.2) is 5.82 Å². The van der Waals surface area contributed by atoms with Crippen LogP contribution in [-0.2, 0) is 11.8 Å². The highest BCUT2D eigenvalue weighted by atomic mass is 16.2. The molecule has 88 valence electrons. The predicted molar refractivity (Wildman–Crippen MR) is 66.7 cm³/mol. The Hall–Kier alpha value is -2.04. The lowest BCUT2D eigenvalue weighted by molar-refractivity contribution is -0.117. The fourth-order valence-electron chi connectivity index (χ4n) is 2.33. The number of anilines is 2. The molecule has 1 aliphatic rings. The minimum atomic E-state index is 0.154. The molecule has 1 amide bonds. The number of nitrogen functional groups attached to an aromatic ring is 1. The number of aromatic nitrogens is 2. The van der Waals surface area contributed by atoms with Crippen molar-refractivity contribution in [2.75, 3.05) is 17.2 Å². The fourth-order valence-corrected chi connectivity index (χ4v) is 2.33. The van der Waals surface area contributed by atoms with Gasteiger partial charge in [-0.25, -0.2) is 0 Å². The third kappa shape index (κ3) is 1.46. The maximum absolute atomic E-state index is 11.7. The van der Waals surface area contributed by atoms with Crippen molar-refractivity contribution in [1.29, 1.82) is 0 Å². The molecule has 0 aliphatic carbocycles. The molecule has 0 saturated carbocycles. The van der Waals surface area contributed by atoms with Crippen molar-refractivity contribution in [2.45, 2.75) is 12.8 Å². The van der Waals surface area contributed by atoms with E-state index in [1.54, 1.807) is 9.58 Å². The zero-order chi connectivity index (χ0) is 12.0. The summed E-state index contributed by atoms with van der Waals surface area (Å²) in [6.45, 7) is 0.759. The zero-order valence-corrected chi connectivity index (χ0v) is 9.68. The molecule has 1 aromatic carbocycles. The second kappa shape index (κ2) is 3.48. The second-order valence-corrected chi connectivity index (χ2v) is 4.37. The van der Waals surface area contributed by atoms with Gasteiger partial charge in [-0.2, -0.15) is 5.10 Å². The summed E-state index contributed by atoms with van der Waals surface area (Å²) >= 11 is 0. The molecule has 5 heteroatoms. The van der Waals surface area contributed by atoms with Crippen molar-refractivity contribution in [3.8, 4) is 0 Å². The first-order valence-electron chi connectivity index (χ1n) is 5.69. The fraction of sp³-hybridized carbons (Fsp3) is 0.333. The maximum Gasteiger partial charge on any atom is 0.228 e. The Labute approximate surface area is 98.8 Å².